The fraction of sp³-hybridized carbons (Fsp3) is 0.625. The van der Waals surface area contributed by atoms with Crippen LogP contribution in [0.15, 0.2) is 12.3 Å². The van der Waals surface area contributed by atoms with Gasteiger partial charge >= 0.3 is 0 Å². The Kier molecular flexibility index (Phi) is 6.09. The molecule has 12 heavy (non-hydrogen) atoms. The van der Waals surface area contributed by atoms with Crippen molar-refractivity contribution in [3.8, 4) is 0 Å². The Morgan fingerprint density at radius 3 is 2.58 bits per heavy atom. The highest BCUT2D eigenvalue weighted by Crippen LogP contribution is 2.08. The summed E-state index contributed by atoms with van der Waals surface area (Å²) in [6, 6.07) is 0. The molecule has 4 heteroatoms. The summed E-state index contributed by atoms with van der Waals surface area (Å²) in [5.41, 5.74) is 0. The summed E-state index contributed by atoms with van der Waals surface area (Å²) in [7, 11) is 0. The van der Waals surface area contributed by atoms with E-state index in [4.69, 9.17) is 19.7 Å². The van der Waals surface area contributed by atoms with Crippen LogP contribution >= 0.6 is 0 Å². The van der Waals surface area contributed by atoms with Gasteiger partial charge < -0.3 is 14.9 Å². The summed E-state index contributed by atoms with van der Waals surface area (Å²) in [4.78, 5) is 9.00. The number of allylic oxidation sites excluding steroid dienone is 1. The lowest BCUT2D eigenvalue weighted by Gasteiger charge is -2.15. The van der Waals surface area contributed by atoms with Gasteiger partial charge in [0.1, 0.15) is 6.10 Å². The lowest BCUT2D eigenvalue weighted by atomic mass is 10.2. The fourth-order valence-electron chi connectivity index (χ4n) is 0.719. The van der Waals surface area contributed by atoms with Crippen LogP contribution in [0.3, 0.4) is 0 Å². The van der Waals surface area contributed by atoms with E-state index in [1.54, 1.807) is 6.26 Å². The van der Waals surface area contributed by atoms with Crippen molar-refractivity contribution < 1.29 is 19.7 Å². The Balaban J connectivity index is 0.000000261. The van der Waals surface area contributed by atoms with Crippen LogP contribution in [-0.4, -0.2) is 28.9 Å². The van der Waals surface area contributed by atoms with Crippen LogP contribution in [0.4, 0.5) is 0 Å². The number of aliphatic carboxylic acids is 1. The Hall–Kier alpha value is -1.03. The Morgan fingerprint density at radius 1 is 1.75 bits per heavy atom. The highest BCUT2D eigenvalue weighted by atomic mass is 16.5. The molecule has 70 valence electrons. The van der Waals surface area contributed by atoms with E-state index in [-0.39, 0.29) is 12.7 Å². The van der Waals surface area contributed by atoms with Crippen molar-refractivity contribution in [2.24, 2.45) is 0 Å². The van der Waals surface area contributed by atoms with E-state index < -0.39 is 5.97 Å². The number of hydrogen-bond acceptors (Lipinski definition) is 3. The summed E-state index contributed by atoms with van der Waals surface area (Å²) in [6.45, 7) is 1.23. The van der Waals surface area contributed by atoms with Gasteiger partial charge in [-0.1, -0.05) is 0 Å². The van der Waals surface area contributed by atoms with Gasteiger partial charge in [-0.05, 0) is 18.9 Å². The molecule has 0 aromatic rings. The molecule has 2 N–H and O–H groups in total. The minimum absolute atomic E-state index is 0.0556. The van der Waals surface area contributed by atoms with Crippen molar-refractivity contribution in [1.29, 1.82) is 0 Å². The summed E-state index contributed by atoms with van der Waals surface area (Å²) >= 11 is 0. The second-order valence-electron chi connectivity index (χ2n) is 2.41. The fourth-order valence-corrected chi connectivity index (χ4v) is 0.719. The van der Waals surface area contributed by atoms with E-state index in [0.717, 1.165) is 19.8 Å². The van der Waals surface area contributed by atoms with Crippen molar-refractivity contribution in [2.45, 2.75) is 25.9 Å². The largest absolute Gasteiger partial charge is 0.496 e. The van der Waals surface area contributed by atoms with E-state index in [2.05, 4.69) is 0 Å². The average molecular weight is 174 g/mol. The summed E-state index contributed by atoms with van der Waals surface area (Å²) in [6.07, 6.45) is 5.66. The van der Waals surface area contributed by atoms with Crippen molar-refractivity contribution in [2.75, 3.05) is 6.61 Å². The van der Waals surface area contributed by atoms with Gasteiger partial charge in [-0.25, -0.2) is 0 Å². The lowest BCUT2D eigenvalue weighted by molar-refractivity contribution is -0.134. The molecule has 0 amide bonds. The predicted octanol–water partition coefficient (Wildman–Crippen LogP) is 0.762. The molecule has 1 atom stereocenters. The van der Waals surface area contributed by atoms with E-state index >= 15 is 0 Å². The molecule has 0 aliphatic carbocycles. The molecule has 0 spiro atoms. The molecular weight excluding hydrogens is 160 g/mol. The molecule has 0 fully saturated rings. The maximum absolute atomic E-state index is 9.00. The average Bonchev–Trinajstić information content (AvgIpc) is 2.05. The van der Waals surface area contributed by atoms with Gasteiger partial charge in [0, 0.05) is 6.92 Å². The number of carbonyl (C=O) groups is 1. The highest BCUT2D eigenvalue weighted by molar-refractivity contribution is 5.62. The first kappa shape index (κ1) is 11.0. The van der Waals surface area contributed by atoms with Crippen molar-refractivity contribution in [3.05, 3.63) is 12.3 Å². The first-order chi connectivity index (χ1) is 5.66. The van der Waals surface area contributed by atoms with Gasteiger partial charge in [-0.2, -0.15) is 0 Å². The third-order valence-electron chi connectivity index (χ3n) is 1.23. The minimum Gasteiger partial charge on any atom is -0.496 e. The molecule has 1 aliphatic rings. The second-order valence-corrected chi connectivity index (χ2v) is 2.41. The van der Waals surface area contributed by atoms with Crippen molar-refractivity contribution in [3.63, 3.8) is 0 Å². The smallest absolute Gasteiger partial charge is 0.300 e. The first-order valence-corrected chi connectivity index (χ1v) is 3.77. The lowest BCUT2D eigenvalue weighted by Crippen LogP contribution is -2.16. The molecule has 0 radical (unpaired) electrons. The van der Waals surface area contributed by atoms with Gasteiger partial charge in [0.25, 0.3) is 5.97 Å². The summed E-state index contributed by atoms with van der Waals surface area (Å²) in [5.74, 6) is -0.833. The maximum Gasteiger partial charge on any atom is 0.300 e. The molecular formula is C8H14O4. The molecule has 0 aromatic heterocycles. The van der Waals surface area contributed by atoms with Crippen LogP contribution < -0.4 is 0 Å². The molecule has 4 nitrogen and oxygen atoms in total. The van der Waals surface area contributed by atoms with Crippen LogP contribution in [0.25, 0.3) is 0 Å². The molecule has 0 saturated carbocycles. The molecule has 1 rings (SSSR count). The zero-order valence-electron chi connectivity index (χ0n) is 7.06. The summed E-state index contributed by atoms with van der Waals surface area (Å²) < 4.78 is 5.00. The molecule has 1 aliphatic heterocycles. The number of carboxylic acids is 1. The minimum atomic E-state index is -0.833. The number of rotatable bonds is 1. The maximum atomic E-state index is 9.00. The third-order valence-corrected chi connectivity index (χ3v) is 1.23. The van der Waals surface area contributed by atoms with E-state index in [1.165, 1.54) is 0 Å². The molecule has 0 unspecified atom stereocenters. The Labute approximate surface area is 71.5 Å². The zero-order chi connectivity index (χ0) is 9.40. The van der Waals surface area contributed by atoms with Gasteiger partial charge in [-0.15, -0.1) is 0 Å². The predicted molar refractivity (Wildman–Crippen MR) is 43.6 cm³/mol. The highest BCUT2D eigenvalue weighted by Gasteiger charge is 2.07. The van der Waals surface area contributed by atoms with Gasteiger partial charge in [-0.3, -0.25) is 4.79 Å². The van der Waals surface area contributed by atoms with Crippen LogP contribution in [0.5, 0.6) is 0 Å². The van der Waals surface area contributed by atoms with Crippen LogP contribution in [0.2, 0.25) is 0 Å². The molecule has 1 heterocycles. The van der Waals surface area contributed by atoms with Gasteiger partial charge in [0.2, 0.25) is 0 Å². The zero-order valence-corrected chi connectivity index (χ0v) is 7.06. The SMILES string of the molecule is CC(=O)O.OC[C@H]1CCC=CO1. The normalized spacial score (nSPS) is 20.3. The quantitative estimate of drug-likeness (QED) is 0.616. The van der Waals surface area contributed by atoms with E-state index in [9.17, 15) is 0 Å². The number of aliphatic hydroxyl groups excluding tert-OH is 1. The standard InChI is InChI=1S/C6H10O2.C2H4O2/c7-5-6-3-1-2-4-8-6;1-2(3)4/h2,4,6-7H,1,3,5H2;1H3,(H,3,4)/t6-;/m1./s1. The molecule has 0 aromatic carbocycles. The first-order valence-electron chi connectivity index (χ1n) is 3.77. The number of hydrogen-bond donors (Lipinski definition) is 2. The van der Waals surface area contributed by atoms with Crippen LogP contribution in [-0.2, 0) is 9.53 Å². The monoisotopic (exact) mass is 174 g/mol. The van der Waals surface area contributed by atoms with Gasteiger partial charge in [0.05, 0.1) is 12.9 Å². The summed E-state index contributed by atoms with van der Waals surface area (Å²) in [5, 5.41) is 15.9. The van der Waals surface area contributed by atoms with Crippen LogP contribution in [0.1, 0.15) is 19.8 Å². The number of carboxylic acid groups (broad SMARTS) is 1. The van der Waals surface area contributed by atoms with Gasteiger partial charge in [0.15, 0.2) is 0 Å². The number of ether oxygens (including phenoxy) is 1. The third kappa shape index (κ3) is 7.08. The van der Waals surface area contributed by atoms with Crippen molar-refractivity contribution >= 4 is 5.97 Å². The Bertz CT molecular complexity index is 149. The molecule has 0 saturated heterocycles. The molecule has 0 bridgehead atoms. The number of aliphatic hydroxyl groups is 1. The van der Waals surface area contributed by atoms with Crippen LogP contribution in [0, 0.1) is 0 Å². The topological polar surface area (TPSA) is 66.8 Å². The Morgan fingerprint density at radius 2 is 2.33 bits per heavy atom. The second kappa shape index (κ2) is 6.67. The van der Waals surface area contributed by atoms with E-state index in [1.807, 2.05) is 6.08 Å². The van der Waals surface area contributed by atoms with Crippen molar-refractivity contribution in [1.82, 2.24) is 0 Å². The van der Waals surface area contributed by atoms with E-state index in [0.29, 0.717) is 0 Å².